The van der Waals surface area contributed by atoms with E-state index in [2.05, 4.69) is 4.90 Å². The lowest BCUT2D eigenvalue weighted by molar-refractivity contribution is -0.922. The average molecular weight is 424 g/mol. The molecule has 2 aromatic heterocycles. The number of sulfone groups is 1. The van der Waals surface area contributed by atoms with Gasteiger partial charge in [-0.25, -0.2) is 18.4 Å². The summed E-state index contributed by atoms with van der Waals surface area (Å²) in [6.45, 7) is 4.34. The lowest BCUT2D eigenvalue weighted by atomic mass is 10.1. The van der Waals surface area contributed by atoms with E-state index in [9.17, 15) is 8.42 Å². The van der Waals surface area contributed by atoms with Gasteiger partial charge < -0.3 is 14.5 Å². The second-order valence-electron chi connectivity index (χ2n) is 8.21. The summed E-state index contributed by atoms with van der Waals surface area (Å²) in [6, 6.07) is 0.00337. The molecule has 28 heavy (non-hydrogen) atoms. The Hall–Kier alpha value is -1.29. The zero-order chi connectivity index (χ0) is 19.3. The number of nitrogens with one attached hydrogen (secondary N) is 1. The summed E-state index contributed by atoms with van der Waals surface area (Å²) in [7, 11) is -0.922. The van der Waals surface area contributed by atoms with Gasteiger partial charge in [-0.3, -0.25) is 0 Å². The smallest absolute Gasteiger partial charge is 0.187 e. The minimum Gasteiger partial charge on any atom is -0.370 e. The highest BCUT2D eigenvalue weighted by Gasteiger charge is 2.33. The third kappa shape index (κ3) is 3.42. The lowest BCUT2D eigenvalue weighted by Gasteiger charge is -2.27. The molecule has 5 rings (SSSR count). The van der Waals surface area contributed by atoms with Crippen molar-refractivity contribution in [2.75, 3.05) is 49.8 Å². The standard InChI is InChI=1S/C19H26N4O3S2/c1-22(13-5-10-28(24,25)12-13)18-17-14-3-2-4-15(14)27-19(17)21-16(20-18)11-23-6-8-26-9-7-23/h13H,2-12H2,1H3/p+1/t13-/m0/s1. The number of ether oxygens (including phenoxy) is 1. The largest absolute Gasteiger partial charge is 0.370 e. The molecule has 1 atom stereocenters. The Morgan fingerprint density at radius 1 is 1.25 bits per heavy atom. The molecule has 0 unspecified atom stereocenters. The number of nitrogens with zero attached hydrogens (tertiary/aromatic N) is 3. The monoisotopic (exact) mass is 423 g/mol. The Morgan fingerprint density at radius 2 is 2.07 bits per heavy atom. The van der Waals surface area contributed by atoms with Crippen LogP contribution in [0.4, 0.5) is 5.82 Å². The molecule has 2 aromatic rings. The van der Waals surface area contributed by atoms with E-state index in [0.717, 1.165) is 62.2 Å². The maximum absolute atomic E-state index is 12.0. The van der Waals surface area contributed by atoms with Gasteiger partial charge in [-0.15, -0.1) is 11.3 Å². The van der Waals surface area contributed by atoms with Crippen LogP contribution in [0.2, 0.25) is 0 Å². The van der Waals surface area contributed by atoms with Crippen molar-refractivity contribution in [3.63, 3.8) is 0 Å². The van der Waals surface area contributed by atoms with Crippen molar-refractivity contribution in [2.45, 2.75) is 38.3 Å². The van der Waals surface area contributed by atoms with Gasteiger partial charge in [-0.1, -0.05) is 0 Å². The summed E-state index contributed by atoms with van der Waals surface area (Å²) >= 11 is 1.81. The highest BCUT2D eigenvalue weighted by atomic mass is 32.2. The Kier molecular flexibility index (Phi) is 4.81. The van der Waals surface area contributed by atoms with Crippen LogP contribution in [-0.2, 0) is 34.0 Å². The molecule has 0 spiro atoms. The first-order valence-electron chi connectivity index (χ1n) is 10.2. The first-order chi connectivity index (χ1) is 13.5. The predicted molar refractivity (Wildman–Crippen MR) is 110 cm³/mol. The van der Waals surface area contributed by atoms with Crippen molar-refractivity contribution in [3.05, 3.63) is 16.3 Å². The molecule has 2 fully saturated rings. The van der Waals surface area contributed by atoms with E-state index in [-0.39, 0.29) is 17.5 Å². The number of rotatable bonds is 4. The van der Waals surface area contributed by atoms with Crippen LogP contribution >= 0.6 is 11.3 Å². The van der Waals surface area contributed by atoms with E-state index in [1.165, 1.54) is 27.1 Å². The topological polar surface area (TPSA) is 76.8 Å². The predicted octanol–water partition coefficient (Wildman–Crippen LogP) is 0.218. The second-order valence-corrected chi connectivity index (χ2v) is 11.5. The van der Waals surface area contributed by atoms with Gasteiger partial charge in [-0.05, 0) is 31.2 Å². The number of anilines is 1. The zero-order valence-electron chi connectivity index (χ0n) is 16.2. The van der Waals surface area contributed by atoms with E-state index in [4.69, 9.17) is 14.7 Å². The summed E-state index contributed by atoms with van der Waals surface area (Å²) in [4.78, 5) is 16.0. The van der Waals surface area contributed by atoms with Crippen molar-refractivity contribution in [1.82, 2.24) is 9.97 Å². The number of thiophene rings is 1. The number of morpholine rings is 1. The van der Waals surface area contributed by atoms with E-state index in [1.807, 2.05) is 7.05 Å². The second kappa shape index (κ2) is 7.19. The summed E-state index contributed by atoms with van der Waals surface area (Å²) in [5.74, 6) is 2.31. The van der Waals surface area contributed by atoms with Crippen LogP contribution in [0.3, 0.4) is 0 Å². The summed E-state index contributed by atoms with van der Waals surface area (Å²) < 4.78 is 29.5. The third-order valence-corrected chi connectivity index (χ3v) is 9.23. The minimum absolute atomic E-state index is 0.00337. The summed E-state index contributed by atoms with van der Waals surface area (Å²) in [5.41, 5.74) is 1.40. The molecule has 0 bridgehead atoms. The molecule has 0 aromatic carbocycles. The van der Waals surface area contributed by atoms with Crippen molar-refractivity contribution < 1.29 is 18.1 Å². The fourth-order valence-electron chi connectivity index (χ4n) is 4.67. The number of aromatic nitrogens is 2. The molecule has 9 heteroatoms. The Morgan fingerprint density at radius 3 is 2.82 bits per heavy atom. The SMILES string of the molecule is CN(c1nc(C[NH+]2CCOCC2)nc2sc3c(c12)CCC3)[C@H]1CCS(=O)(=O)C1. The molecule has 0 amide bonds. The van der Waals surface area contributed by atoms with E-state index in [0.29, 0.717) is 6.42 Å². The Labute approximate surface area is 169 Å². The lowest BCUT2D eigenvalue weighted by Crippen LogP contribution is -3.12. The molecule has 1 N–H and O–H groups in total. The van der Waals surface area contributed by atoms with Gasteiger partial charge in [0.15, 0.2) is 15.7 Å². The highest BCUT2D eigenvalue weighted by Crippen LogP contribution is 2.41. The van der Waals surface area contributed by atoms with Crippen LogP contribution in [0.5, 0.6) is 0 Å². The molecule has 1 aliphatic carbocycles. The molecular weight excluding hydrogens is 396 g/mol. The molecule has 4 heterocycles. The number of fused-ring (bicyclic) bond motifs is 3. The van der Waals surface area contributed by atoms with Gasteiger partial charge in [0.2, 0.25) is 0 Å². The fraction of sp³-hybridized carbons (Fsp3) is 0.684. The fourth-order valence-corrected chi connectivity index (χ4v) is 7.72. The maximum atomic E-state index is 12.0. The van der Waals surface area contributed by atoms with Crippen LogP contribution < -0.4 is 9.80 Å². The molecule has 7 nitrogen and oxygen atoms in total. The molecule has 0 radical (unpaired) electrons. The summed E-state index contributed by atoms with van der Waals surface area (Å²) in [6.07, 6.45) is 4.08. The number of hydrogen-bond acceptors (Lipinski definition) is 7. The number of quaternary nitrogens is 1. The van der Waals surface area contributed by atoms with E-state index < -0.39 is 9.84 Å². The van der Waals surface area contributed by atoms with E-state index >= 15 is 0 Å². The van der Waals surface area contributed by atoms with Crippen LogP contribution in [0.1, 0.15) is 29.1 Å². The van der Waals surface area contributed by atoms with Gasteiger partial charge in [0, 0.05) is 18.0 Å². The first-order valence-corrected chi connectivity index (χ1v) is 12.8. The normalized spacial score (nSPS) is 24.7. The Balaban J connectivity index is 1.54. The first kappa shape index (κ1) is 18.7. The molecular formula is C19H27N4O3S2+. The van der Waals surface area contributed by atoms with Gasteiger partial charge in [0.05, 0.1) is 30.1 Å². The van der Waals surface area contributed by atoms with Gasteiger partial charge in [0.25, 0.3) is 0 Å². The van der Waals surface area contributed by atoms with Gasteiger partial charge >= 0.3 is 0 Å². The Bertz CT molecular complexity index is 998. The number of hydrogen-bond donors (Lipinski definition) is 1. The maximum Gasteiger partial charge on any atom is 0.187 e. The average Bonchev–Trinajstić information content (AvgIpc) is 3.35. The third-order valence-electron chi connectivity index (χ3n) is 6.29. The van der Waals surface area contributed by atoms with Gasteiger partial charge in [0.1, 0.15) is 30.3 Å². The summed E-state index contributed by atoms with van der Waals surface area (Å²) in [5, 5.41) is 1.17. The minimum atomic E-state index is -2.93. The zero-order valence-corrected chi connectivity index (χ0v) is 17.9. The molecule has 152 valence electrons. The quantitative estimate of drug-likeness (QED) is 0.758. The van der Waals surface area contributed by atoms with Crippen molar-refractivity contribution in [1.29, 1.82) is 0 Å². The molecule has 0 saturated carbocycles. The van der Waals surface area contributed by atoms with Crippen LogP contribution in [-0.4, -0.2) is 69.3 Å². The van der Waals surface area contributed by atoms with Crippen LogP contribution in [0, 0.1) is 0 Å². The molecule has 2 saturated heterocycles. The van der Waals surface area contributed by atoms with Crippen molar-refractivity contribution in [2.24, 2.45) is 0 Å². The molecule has 2 aliphatic heterocycles. The van der Waals surface area contributed by atoms with Crippen LogP contribution in [0.15, 0.2) is 0 Å². The highest BCUT2D eigenvalue weighted by molar-refractivity contribution is 7.91. The molecule has 3 aliphatic rings. The van der Waals surface area contributed by atoms with Crippen LogP contribution in [0.25, 0.3) is 10.2 Å². The van der Waals surface area contributed by atoms with Crippen molar-refractivity contribution in [3.8, 4) is 0 Å². The van der Waals surface area contributed by atoms with Crippen molar-refractivity contribution >= 4 is 37.2 Å². The number of aryl methyl sites for hydroxylation is 2. The van der Waals surface area contributed by atoms with E-state index in [1.54, 1.807) is 11.3 Å². The van der Waals surface area contributed by atoms with Gasteiger partial charge in [-0.2, -0.15) is 0 Å².